The number of esters is 1. The van der Waals surface area contributed by atoms with Gasteiger partial charge in [0.05, 0.1) is 6.61 Å². The quantitative estimate of drug-likeness (QED) is 0.616. The molecule has 0 saturated heterocycles. The van der Waals surface area contributed by atoms with Crippen LogP contribution in [0.4, 0.5) is 10.1 Å². The van der Waals surface area contributed by atoms with E-state index in [0.717, 1.165) is 11.3 Å². The molecular weight excluding hydrogens is 401 g/mol. The number of rotatable bonds is 6. The van der Waals surface area contributed by atoms with Gasteiger partial charge >= 0.3 is 5.97 Å². The van der Waals surface area contributed by atoms with Gasteiger partial charge in [-0.2, -0.15) is 0 Å². The number of benzene rings is 2. The first-order valence-electron chi connectivity index (χ1n) is 8.62. The van der Waals surface area contributed by atoms with Crippen molar-refractivity contribution < 1.29 is 32.9 Å². The average Bonchev–Trinajstić information content (AvgIpc) is 3.31. The van der Waals surface area contributed by atoms with E-state index in [2.05, 4.69) is 5.32 Å². The van der Waals surface area contributed by atoms with Gasteiger partial charge in [0.1, 0.15) is 10.7 Å². The third-order valence-electron chi connectivity index (χ3n) is 4.23. The molecule has 1 amide bonds. The molecule has 150 valence electrons. The van der Waals surface area contributed by atoms with Crippen LogP contribution in [0.25, 0.3) is 10.1 Å². The lowest BCUT2D eigenvalue weighted by molar-refractivity contribution is -0.119. The van der Waals surface area contributed by atoms with E-state index >= 15 is 0 Å². The van der Waals surface area contributed by atoms with Crippen LogP contribution >= 0.6 is 11.3 Å². The first-order chi connectivity index (χ1) is 14.1. The van der Waals surface area contributed by atoms with Gasteiger partial charge in [0, 0.05) is 34.5 Å². The molecule has 0 unspecified atom stereocenters. The van der Waals surface area contributed by atoms with Gasteiger partial charge in [0.2, 0.25) is 6.79 Å². The van der Waals surface area contributed by atoms with Crippen molar-refractivity contribution in [3.05, 3.63) is 52.7 Å². The molecule has 0 bridgehead atoms. The van der Waals surface area contributed by atoms with Gasteiger partial charge < -0.3 is 24.3 Å². The maximum Gasteiger partial charge on any atom is 0.349 e. The molecule has 9 heteroatoms. The molecule has 1 aliphatic rings. The summed E-state index contributed by atoms with van der Waals surface area (Å²) in [6, 6.07) is 9.55. The molecule has 4 rings (SSSR count). The zero-order valence-electron chi connectivity index (χ0n) is 15.3. The first kappa shape index (κ1) is 19.2. The molecular formula is C20H16FNO6S. The lowest BCUT2D eigenvalue weighted by atomic mass is 10.1. The van der Waals surface area contributed by atoms with E-state index in [9.17, 15) is 14.0 Å². The van der Waals surface area contributed by atoms with Crippen LogP contribution in [-0.2, 0) is 20.9 Å². The number of anilines is 1. The summed E-state index contributed by atoms with van der Waals surface area (Å²) in [5, 5.41) is 2.95. The highest BCUT2D eigenvalue weighted by molar-refractivity contribution is 7.21. The van der Waals surface area contributed by atoms with E-state index in [1.165, 1.54) is 13.2 Å². The molecule has 1 N–H and O–H groups in total. The monoisotopic (exact) mass is 417 g/mol. The fourth-order valence-corrected chi connectivity index (χ4v) is 4.10. The van der Waals surface area contributed by atoms with Crippen molar-refractivity contribution in [2.75, 3.05) is 25.8 Å². The molecule has 29 heavy (non-hydrogen) atoms. The summed E-state index contributed by atoms with van der Waals surface area (Å²) in [6.07, 6.45) is 0. The number of carbonyl (C=O) groups excluding carboxylic acids is 2. The Bertz CT molecular complexity index is 1100. The van der Waals surface area contributed by atoms with Gasteiger partial charge in [-0.15, -0.1) is 11.3 Å². The summed E-state index contributed by atoms with van der Waals surface area (Å²) in [5.41, 5.74) is 0.895. The average molecular weight is 417 g/mol. The Morgan fingerprint density at radius 3 is 2.86 bits per heavy atom. The number of fused-ring (bicyclic) bond motifs is 2. The first-order valence-corrected chi connectivity index (χ1v) is 9.44. The van der Waals surface area contributed by atoms with E-state index in [1.807, 2.05) is 0 Å². The number of hydrogen-bond acceptors (Lipinski definition) is 7. The van der Waals surface area contributed by atoms with E-state index in [0.29, 0.717) is 32.8 Å². The molecule has 3 aromatic rings. The van der Waals surface area contributed by atoms with E-state index in [1.54, 1.807) is 30.3 Å². The smallest absolute Gasteiger partial charge is 0.349 e. The van der Waals surface area contributed by atoms with Gasteiger partial charge in [-0.1, -0.05) is 6.07 Å². The van der Waals surface area contributed by atoms with Gasteiger partial charge in [-0.25, -0.2) is 9.18 Å². The molecule has 0 atom stereocenters. The van der Waals surface area contributed by atoms with Crippen LogP contribution in [0.3, 0.4) is 0 Å². The van der Waals surface area contributed by atoms with Crippen molar-refractivity contribution in [3.63, 3.8) is 0 Å². The number of ether oxygens (including phenoxy) is 4. The fourth-order valence-electron chi connectivity index (χ4n) is 2.98. The van der Waals surface area contributed by atoms with E-state index in [4.69, 9.17) is 18.9 Å². The van der Waals surface area contributed by atoms with Gasteiger partial charge in [0.15, 0.2) is 18.1 Å². The lowest BCUT2D eigenvalue weighted by Crippen LogP contribution is -2.21. The van der Waals surface area contributed by atoms with Crippen LogP contribution in [-0.4, -0.2) is 32.4 Å². The van der Waals surface area contributed by atoms with E-state index < -0.39 is 24.3 Å². The minimum atomic E-state index is -0.710. The number of carbonyl (C=O) groups is 2. The van der Waals surface area contributed by atoms with Crippen molar-refractivity contribution >= 4 is 39.0 Å². The topological polar surface area (TPSA) is 83.1 Å². The predicted octanol–water partition coefficient (Wildman–Crippen LogP) is 3.71. The normalized spacial score (nSPS) is 12.2. The zero-order chi connectivity index (χ0) is 20.4. The van der Waals surface area contributed by atoms with Gasteiger partial charge in [0.25, 0.3) is 5.91 Å². The lowest BCUT2D eigenvalue weighted by Gasteiger charge is -2.08. The molecule has 0 fully saturated rings. The minimum absolute atomic E-state index is 0.0504. The number of methoxy groups -OCH3 is 1. The number of thiophene rings is 1. The Labute approximate surface area is 168 Å². The summed E-state index contributed by atoms with van der Waals surface area (Å²) >= 11 is 1.10. The summed E-state index contributed by atoms with van der Waals surface area (Å²) < 4.78 is 35.5. The molecule has 2 aromatic carbocycles. The SMILES string of the molecule is COCc1c(C(=O)OCC(=O)Nc2ccc3c(c2)OCO3)sc2cccc(F)c12. The standard InChI is InChI=1S/C20H16FNO6S/c1-25-8-12-18-13(21)3-2-4-16(18)29-19(12)20(24)26-9-17(23)22-11-5-6-14-15(7-11)28-10-27-14/h2-7H,8-10H2,1H3,(H,22,23). The third-order valence-corrected chi connectivity index (χ3v) is 5.41. The van der Waals surface area contributed by atoms with Gasteiger partial charge in [-0.3, -0.25) is 4.79 Å². The van der Waals surface area contributed by atoms with Crippen LogP contribution < -0.4 is 14.8 Å². The van der Waals surface area contributed by atoms with Crippen LogP contribution in [0, 0.1) is 5.82 Å². The molecule has 0 spiro atoms. The summed E-state index contributed by atoms with van der Waals surface area (Å²) in [4.78, 5) is 24.9. The molecule has 7 nitrogen and oxygen atoms in total. The second kappa shape index (κ2) is 8.06. The molecule has 1 aliphatic heterocycles. The molecule has 0 saturated carbocycles. The van der Waals surface area contributed by atoms with Crippen LogP contribution in [0.1, 0.15) is 15.2 Å². The largest absolute Gasteiger partial charge is 0.454 e. The molecule has 0 radical (unpaired) electrons. The zero-order valence-corrected chi connectivity index (χ0v) is 16.1. The number of nitrogens with one attached hydrogen (secondary N) is 1. The molecule has 0 aliphatic carbocycles. The van der Waals surface area contributed by atoms with Crippen LogP contribution in [0.15, 0.2) is 36.4 Å². The maximum atomic E-state index is 14.2. The Hall–Kier alpha value is -3.17. The Balaban J connectivity index is 1.45. The van der Waals surface area contributed by atoms with Crippen LogP contribution in [0.5, 0.6) is 11.5 Å². The molecule has 1 aromatic heterocycles. The summed E-state index contributed by atoms with van der Waals surface area (Å²) in [6.45, 7) is -0.310. The van der Waals surface area contributed by atoms with Crippen molar-refractivity contribution in [1.29, 1.82) is 0 Å². The second-order valence-corrected chi connectivity index (χ2v) is 7.20. The Morgan fingerprint density at radius 2 is 2.03 bits per heavy atom. The van der Waals surface area contributed by atoms with Crippen molar-refractivity contribution in [2.45, 2.75) is 6.61 Å². The fraction of sp³-hybridized carbons (Fsp3) is 0.200. The van der Waals surface area contributed by atoms with Crippen molar-refractivity contribution in [2.24, 2.45) is 0 Å². The number of hydrogen-bond donors (Lipinski definition) is 1. The third kappa shape index (κ3) is 3.87. The van der Waals surface area contributed by atoms with Gasteiger partial charge in [-0.05, 0) is 24.3 Å². The highest BCUT2D eigenvalue weighted by atomic mass is 32.1. The summed E-state index contributed by atoms with van der Waals surface area (Å²) in [7, 11) is 1.46. The van der Waals surface area contributed by atoms with E-state index in [-0.39, 0.29) is 18.3 Å². The van der Waals surface area contributed by atoms with Crippen molar-refractivity contribution in [1.82, 2.24) is 0 Å². The Kier molecular flexibility index (Phi) is 5.32. The van der Waals surface area contributed by atoms with Crippen molar-refractivity contribution in [3.8, 4) is 11.5 Å². The number of halogens is 1. The highest BCUT2D eigenvalue weighted by Gasteiger charge is 2.22. The Morgan fingerprint density at radius 1 is 1.21 bits per heavy atom. The molecule has 2 heterocycles. The predicted molar refractivity (Wildman–Crippen MR) is 104 cm³/mol. The van der Waals surface area contributed by atoms with Crippen LogP contribution in [0.2, 0.25) is 0 Å². The summed E-state index contributed by atoms with van der Waals surface area (Å²) in [5.74, 6) is -0.546. The highest BCUT2D eigenvalue weighted by Crippen LogP contribution is 2.35. The number of amides is 1. The second-order valence-electron chi connectivity index (χ2n) is 6.15. The maximum absolute atomic E-state index is 14.2. The minimum Gasteiger partial charge on any atom is -0.454 e.